The second-order valence-corrected chi connectivity index (χ2v) is 8.81. The fourth-order valence-electron chi connectivity index (χ4n) is 2.17. The summed E-state index contributed by atoms with van der Waals surface area (Å²) in [4.78, 5) is 19.5. The highest BCUT2D eigenvalue weighted by Crippen LogP contribution is 2.37. The molecule has 1 aromatic rings. The largest absolute Gasteiger partial charge is 0.369 e. The molecule has 0 bridgehead atoms. The van der Waals surface area contributed by atoms with Crippen molar-refractivity contribution in [1.82, 2.24) is 4.31 Å². The molecule has 1 heterocycles. The van der Waals surface area contributed by atoms with E-state index < -0.39 is 23.1 Å². The molecule has 0 spiro atoms. The number of sulfonamides is 1. The Morgan fingerprint density at radius 2 is 1.62 bits per heavy atom. The zero-order valence-electron chi connectivity index (χ0n) is 11.1. The monoisotopic (exact) mass is 338 g/mol. The van der Waals surface area contributed by atoms with E-state index in [4.69, 9.17) is 9.79 Å². The Morgan fingerprint density at radius 1 is 1.10 bits per heavy atom. The Bertz CT molecular complexity index is 637. The molecule has 10 heteroatoms. The standard InChI is InChI=1S/C11H16FN2O5PS/c12-10-1-3-11(4-2-10)13-5-7-14(8-6-13)21(18,19)9-20(15,16)17/h1-4H,5-9H2,(H2,15,16,17). The van der Waals surface area contributed by atoms with Gasteiger partial charge in [0.15, 0.2) is 5.49 Å². The topological polar surface area (TPSA) is 98.1 Å². The van der Waals surface area contributed by atoms with Gasteiger partial charge < -0.3 is 14.7 Å². The number of hydrogen-bond acceptors (Lipinski definition) is 4. The smallest absolute Gasteiger partial charge is 0.341 e. The summed E-state index contributed by atoms with van der Waals surface area (Å²) in [5.74, 6) is -0.346. The minimum atomic E-state index is -4.62. The van der Waals surface area contributed by atoms with Crippen molar-refractivity contribution < 1.29 is 27.2 Å². The lowest BCUT2D eigenvalue weighted by Crippen LogP contribution is -2.49. The average molecular weight is 338 g/mol. The average Bonchev–Trinajstić information content (AvgIpc) is 2.37. The number of halogens is 1. The lowest BCUT2D eigenvalue weighted by Gasteiger charge is -2.35. The number of piperazine rings is 1. The number of nitrogens with zero attached hydrogens (tertiary/aromatic N) is 2. The van der Waals surface area contributed by atoms with E-state index in [2.05, 4.69) is 0 Å². The molecule has 1 aliphatic rings. The van der Waals surface area contributed by atoms with Gasteiger partial charge in [-0.25, -0.2) is 12.8 Å². The van der Waals surface area contributed by atoms with E-state index in [1.807, 2.05) is 4.90 Å². The maximum absolute atomic E-state index is 12.8. The SMILES string of the molecule is O=P(O)(O)CS(=O)(=O)N1CCN(c2ccc(F)cc2)CC1. The van der Waals surface area contributed by atoms with Crippen LogP contribution in [0.1, 0.15) is 0 Å². The van der Waals surface area contributed by atoms with Crippen molar-refractivity contribution in [3.63, 3.8) is 0 Å². The van der Waals surface area contributed by atoms with Crippen molar-refractivity contribution in [1.29, 1.82) is 0 Å². The van der Waals surface area contributed by atoms with Crippen molar-refractivity contribution in [2.24, 2.45) is 0 Å². The van der Waals surface area contributed by atoms with E-state index >= 15 is 0 Å². The van der Waals surface area contributed by atoms with E-state index in [0.717, 1.165) is 9.99 Å². The first-order chi connectivity index (χ1) is 9.67. The lowest BCUT2D eigenvalue weighted by atomic mass is 10.2. The first-order valence-corrected chi connectivity index (χ1v) is 9.61. The van der Waals surface area contributed by atoms with Gasteiger partial charge in [-0.2, -0.15) is 4.31 Å². The first kappa shape index (κ1) is 16.4. The molecule has 0 radical (unpaired) electrons. The zero-order valence-corrected chi connectivity index (χ0v) is 12.8. The molecule has 118 valence electrons. The molecule has 1 aliphatic heterocycles. The summed E-state index contributed by atoms with van der Waals surface area (Å²) in [5.41, 5.74) is -0.389. The van der Waals surface area contributed by atoms with Gasteiger partial charge in [0, 0.05) is 31.9 Å². The van der Waals surface area contributed by atoms with Gasteiger partial charge in [-0.15, -0.1) is 0 Å². The van der Waals surface area contributed by atoms with Crippen LogP contribution >= 0.6 is 7.60 Å². The van der Waals surface area contributed by atoms with Gasteiger partial charge in [0.2, 0.25) is 10.0 Å². The van der Waals surface area contributed by atoms with Gasteiger partial charge in [-0.1, -0.05) is 0 Å². The summed E-state index contributed by atoms with van der Waals surface area (Å²) in [6.45, 7) is 1.04. The molecule has 1 aromatic carbocycles. The van der Waals surface area contributed by atoms with Gasteiger partial charge >= 0.3 is 7.60 Å². The zero-order chi connectivity index (χ0) is 15.7. The Hall–Kier alpha value is -0.990. The third-order valence-electron chi connectivity index (χ3n) is 3.16. The van der Waals surface area contributed by atoms with Gasteiger partial charge in [0.05, 0.1) is 0 Å². The highest BCUT2D eigenvalue weighted by Gasteiger charge is 2.32. The Labute approximate surface area is 122 Å². The predicted molar refractivity (Wildman–Crippen MR) is 76.0 cm³/mol. The van der Waals surface area contributed by atoms with Crippen LogP contribution in [0.25, 0.3) is 0 Å². The lowest BCUT2D eigenvalue weighted by molar-refractivity contribution is 0.368. The normalized spacial score (nSPS) is 18.0. The van der Waals surface area contributed by atoms with Crippen LogP contribution in [0, 0.1) is 5.82 Å². The molecule has 1 saturated heterocycles. The molecule has 2 N–H and O–H groups in total. The predicted octanol–water partition coefficient (Wildman–Crippen LogP) is 0.413. The summed E-state index contributed by atoms with van der Waals surface area (Å²) in [6, 6.07) is 5.86. The van der Waals surface area contributed by atoms with E-state index in [-0.39, 0.29) is 18.9 Å². The molecule has 0 atom stereocenters. The molecule has 0 amide bonds. The van der Waals surface area contributed by atoms with Crippen molar-refractivity contribution >= 4 is 23.3 Å². The summed E-state index contributed by atoms with van der Waals surface area (Å²) >= 11 is 0. The molecule has 7 nitrogen and oxygen atoms in total. The van der Waals surface area contributed by atoms with Crippen LogP contribution in [0.5, 0.6) is 0 Å². The Balaban J connectivity index is 2.00. The molecule has 0 aliphatic carbocycles. The number of rotatable bonds is 4. The van der Waals surface area contributed by atoms with Crippen LogP contribution in [0.15, 0.2) is 24.3 Å². The molecule has 0 unspecified atom stereocenters. The minimum absolute atomic E-state index is 0.139. The highest BCUT2D eigenvalue weighted by atomic mass is 32.2. The van der Waals surface area contributed by atoms with Crippen LogP contribution in [0.3, 0.4) is 0 Å². The summed E-state index contributed by atoms with van der Waals surface area (Å²) in [7, 11) is -8.59. The highest BCUT2D eigenvalue weighted by molar-refractivity contribution is 7.95. The van der Waals surface area contributed by atoms with Crippen LogP contribution in [0.2, 0.25) is 0 Å². The first-order valence-electron chi connectivity index (χ1n) is 6.20. The van der Waals surface area contributed by atoms with E-state index in [1.54, 1.807) is 12.1 Å². The maximum atomic E-state index is 12.8. The number of anilines is 1. The molecular formula is C11H16FN2O5PS. The maximum Gasteiger partial charge on any atom is 0.341 e. The van der Waals surface area contributed by atoms with E-state index in [9.17, 15) is 17.4 Å². The second kappa shape index (κ2) is 6.02. The number of hydrogen-bond donors (Lipinski definition) is 2. The quantitative estimate of drug-likeness (QED) is 0.772. The fraction of sp³-hybridized carbons (Fsp3) is 0.455. The van der Waals surface area contributed by atoms with Crippen LogP contribution in [0.4, 0.5) is 10.1 Å². The Kier molecular flexibility index (Phi) is 4.69. The van der Waals surface area contributed by atoms with Gasteiger partial charge in [0.25, 0.3) is 0 Å². The third-order valence-corrected chi connectivity index (χ3v) is 6.96. The van der Waals surface area contributed by atoms with Crippen molar-refractivity contribution in [3.8, 4) is 0 Å². The summed E-state index contributed by atoms with van der Waals surface area (Å²) in [5, 5.41) is 0. The van der Waals surface area contributed by atoms with Crippen molar-refractivity contribution in [2.75, 3.05) is 36.6 Å². The van der Waals surface area contributed by atoms with Crippen molar-refractivity contribution in [3.05, 3.63) is 30.1 Å². The summed E-state index contributed by atoms with van der Waals surface area (Å²) < 4.78 is 48.5. The van der Waals surface area contributed by atoms with Gasteiger partial charge in [-0.3, -0.25) is 4.57 Å². The molecule has 0 saturated carbocycles. The Morgan fingerprint density at radius 3 is 2.10 bits per heavy atom. The van der Waals surface area contributed by atoms with Crippen LogP contribution < -0.4 is 4.90 Å². The molecular weight excluding hydrogens is 322 g/mol. The molecule has 0 aromatic heterocycles. The molecule has 2 rings (SSSR count). The number of benzene rings is 1. The van der Waals surface area contributed by atoms with Crippen molar-refractivity contribution in [2.45, 2.75) is 0 Å². The third kappa shape index (κ3) is 4.49. The van der Waals surface area contributed by atoms with E-state index in [1.165, 1.54) is 12.1 Å². The fourth-order valence-corrected chi connectivity index (χ4v) is 5.24. The van der Waals surface area contributed by atoms with Crippen LogP contribution in [-0.4, -0.2) is 54.2 Å². The van der Waals surface area contributed by atoms with Gasteiger partial charge in [-0.05, 0) is 24.3 Å². The molecule has 1 fully saturated rings. The van der Waals surface area contributed by atoms with E-state index in [0.29, 0.717) is 13.1 Å². The minimum Gasteiger partial charge on any atom is -0.369 e. The summed E-state index contributed by atoms with van der Waals surface area (Å²) in [6.07, 6.45) is 0. The second-order valence-electron chi connectivity index (χ2n) is 4.77. The molecule has 21 heavy (non-hydrogen) atoms. The van der Waals surface area contributed by atoms with Crippen LogP contribution in [-0.2, 0) is 14.6 Å². The van der Waals surface area contributed by atoms with Gasteiger partial charge in [0.1, 0.15) is 5.82 Å².